The highest BCUT2D eigenvalue weighted by atomic mass is 16.4. The van der Waals surface area contributed by atoms with Gasteiger partial charge in [0, 0.05) is 0 Å². The first kappa shape index (κ1) is 19.4. The van der Waals surface area contributed by atoms with E-state index >= 15 is 0 Å². The molecule has 1 N–H and O–H groups in total. The minimum Gasteiger partial charge on any atom is -0.478 e. The van der Waals surface area contributed by atoms with E-state index in [9.17, 15) is 4.79 Å². The summed E-state index contributed by atoms with van der Waals surface area (Å²) < 4.78 is 0. The molecule has 0 aromatic heterocycles. The molecule has 2 aromatic rings. The Bertz CT molecular complexity index is 883. The van der Waals surface area contributed by atoms with Crippen LogP contribution in [0.5, 0.6) is 0 Å². The van der Waals surface area contributed by atoms with Crippen LogP contribution in [0, 0.1) is 0 Å². The molecule has 0 radical (unpaired) electrons. The number of carboxylic acid groups (broad SMARTS) is 1. The Kier molecular flexibility index (Phi) is 5.03. The highest BCUT2D eigenvalue weighted by Crippen LogP contribution is 2.46. The maximum Gasteiger partial charge on any atom is 0.335 e. The molecule has 0 atom stereocenters. The molecule has 0 saturated carbocycles. The van der Waals surface area contributed by atoms with Gasteiger partial charge in [-0.2, -0.15) is 0 Å². The van der Waals surface area contributed by atoms with Gasteiger partial charge in [-0.1, -0.05) is 71.0 Å². The summed E-state index contributed by atoms with van der Waals surface area (Å²) in [6, 6.07) is 14.1. The molecule has 0 amide bonds. The van der Waals surface area contributed by atoms with Gasteiger partial charge in [0.2, 0.25) is 0 Å². The van der Waals surface area contributed by atoms with E-state index in [0.29, 0.717) is 5.56 Å². The van der Waals surface area contributed by atoms with Gasteiger partial charge in [-0.15, -0.1) is 0 Å². The van der Waals surface area contributed by atoms with Gasteiger partial charge in [0.25, 0.3) is 0 Å². The number of benzene rings is 2. The maximum absolute atomic E-state index is 11.0. The van der Waals surface area contributed by atoms with Gasteiger partial charge in [0.1, 0.15) is 0 Å². The number of hydrogen-bond acceptors (Lipinski definition) is 1. The van der Waals surface area contributed by atoms with Gasteiger partial charge in [-0.3, -0.25) is 0 Å². The molecule has 142 valence electrons. The zero-order valence-corrected chi connectivity index (χ0v) is 17.1. The topological polar surface area (TPSA) is 37.3 Å². The molecule has 2 heteroatoms. The molecule has 1 aliphatic carbocycles. The van der Waals surface area contributed by atoms with Crippen molar-refractivity contribution >= 4 is 17.6 Å². The molecule has 0 bridgehead atoms. The lowest BCUT2D eigenvalue weighted by Gasteiger charge is -2.42. The predicted molar refractivity (Wildman–Crippen MR) is 113 cm³/mol. The molecule has 27 heavy (non-hydrogen) atoms. The molecule has 2 aromatic carbocycles. The summed E-state index contributed by atoms with van der Waals surface area (Å²) in [7, 11) is 0. The third kappa shape index (κ3) is 3.85. The summed E-state index contributed by atoms with van der Waals surface area (Å²) in [6.45, 7) is 11.6. The van der Waals surface area contributed by atoms with Gasteiger partial charge in [-0.25, -0.2) is 4.79 Å². The van der Waals surface area contributed by atoms with E-state index in [1.165, 1.54) is 35.1 Å². The van der Waals surface area contributed by atoms with Crippen molar-refractivity contribution in [3.8, 4) is 0 Å². The van der Waals surface area contributed by atoms with E-state index in [1.54, 1.807) is 12.1 Å². The van der Waals surface area contributed by atoms with Crippen molar-refractivity contribution in [1.82, 2.24) is 0 Å². The zero-order chi connectivity index (χ0) is 19.8. The van der Waals surface area contributed by atoms with Crippen molar-refractivity contribution < 1.29 is 9.90 Å². The molecule has 0 unspecified atom stereocenters. The Morgan fingerprint density at radius 1 is 0.926 bits per heavy atom. The largest absolute Gasteiger partial charge is 0.478 e. The summed E-state index contributed by atoms with van der Waals surface area (Å²) in [5.41, 5.74) is 7.27. The van der Waals surface area contributed by atoms with Gasteiger partial charge in [0.15, 0.2) is 0 Å². The van der Waals surface area contributed by atoms with Crippen LogP contribution in [0.25, 0.3) is 11.6 Å². The second kappa shape index (κ2) is 6.99. The lowest BCUT2D eigenvalue weighted by atomic mass is 9.63. The number of hydrogen-bond donors (Lipinski definition) is 1. The summed E-state index contributed by atoms with van der Waals surface area (Å²) >= 11 is 0. The van der Waals surface area contributed by atoms with Crippen molar-refractivity contribution in [1.29, 1.82) is 0 Å². The highest BCUT2D eigenvalue weighted by Gasteiger charge is 2.36. The van der Waals surface area contributed by atoms with Gasteiger partial charge in [0.05, 0.1) is 5.56 Å². The average molecular weight is 363 g/mol. The van der Waals surface area contributed by atoms with E-state index in [4.69, 9.17) is 5.11 Å². The molecule has 2 nitrogen and oxygen atoms in total. The van der Waals surface area contributed by atoms with Crippen LogP contribution in [0.1, 0.15) is 86.5 Å². The van der Waals surface area contributed by atoms with E-state index in [1.807, 2.05) is 12.1 Å². The van der Waals surface area contributed by atoms with Crippen molar-refractivity contribution in [2.24, 2.45) is 0 Å². The number of allylic oxidation sites excluding steroid dienone is 1. The predicted octanol–water partition coefficient (Wildman–Crippen LogP) is 6.68. The quantitative estimate of drug-likeness (QED) is 0.616. The fraction of sp³-hybridized carbons (Fsp3) is 0.400. The second-order valence-corrected chi connectivity index (χ2v) is 8.98. The number of fused-ring (bicyclic) bond motifs is 1. The Morgan fingerprint density at radius 2 is 1.48 bits per heavy atom. The number of rotatable bonds is 4. The van der Waals surface area contributed by atoms with E-state index in [2.05, 4.69) is 58.9 Å². The van der Waals surface area contributed by atoms with Gasteiger partial charge < -0.3 is 5.11 Å². The summed E-state index contributed by atoms with van der Waals surface area (Å²) in [5.74, 6) is -0.888. The molecule has 1 aliphatic rings. The average Bonchev–Trinajstić information content (AvgIpc) is 2.64. The summed E-state index contributed by atoms with van der Waals surface area (Å²) in [4.78, 5) is 11.0. The molecular formula is C25H30O2. The van der Waals surface area contributed by atoms with Crippen LogP contribution < -0.4 is 0 Å². The van der Waals surface area contributed by atoms with Crippen LogP contribution in [0.2, 0.25) is 0 Å². The first-order valence-electron chi connectivity index (χ1n) is 9.83. The van der Waals surface area contributed by atoms with Crippen LogP contribution in [0.15, 0.2) is 42.5 Å². The number of carboxylic acids is 1. The minimum absolute atomic E-state index is 0.197. The fourth-order valence-corrected chi connectivity index (χ4v) is 4.10. The summed E-state index contributed by atoms with van der Waals surface area (Å²) in [5, 5.41) is 9.07. The van der Waals surface area contributed by atoms with Gasteiger partial charge >= 0.3 is 5.97 Å². The van der Waals surface area contributed by atoms with Crippen molar-refractivity contribution in [2.45, 2.75) is 64.7 Å². The van der Waals surface area contributed by atoms with E-state index in [0.717, 1.165) is 12.0 Å². The second-order valence-electron chi connectivity index (χ2n) is 8.98. The smallest absolute Gasteiger partial charge is 0.335 e. The Balaban J connectivity index is 2.02. The first-order chi connectivity index (χ1) is 12.6. The lowest BCUT2D eigenvalue weighted by molar-refractivity contribution is 0.0697. The molecule has 0 fully saturated rings. The fourth-order valence-electron chi connectivity index (χ4n) is 4.10. The Hall–Kier alpha value is -2.35. The summed E-state index contributed by atoms with van der Waals surface area (Å²) in [6.07, 6.45) is 5.54. The SMILES string of the molecule is CCC(=Cc1ccc(C(=O)O)cc1)c1ccc2c(c1)C(C)(C)CCC2(C)C. The normalized spacial score (nSPS) is 18.0. The number of aromatic carboxylic acids is 1. The zero-order valence-electron chi connectivity index (χ0n) is 17.1. The lowest BCUT2D eigenvalue weighted by Crippen LogP contribution is -2.33. The van der Waals surface area contributed by atoms with Crippen molar-refractivity contribution in [3.63, 3.8) is 0 Å². The van der Waals surface area contributed by atoms with E-state index < -0.39 is 5.97 Å². The first-order valence-corrected chi connectivity index (χ1v) is 9.83. The third-order valence-corrected chi connectivity index (χ3v) is 6.10. The molecule has 3 rings (SSSR count). The van der Waals surface area contributed by atoms with E-state index in [-0.39, 0.29) is 10.8 Å². The number of carbonyl (C=O) groups is 1. The Labute approximate surface area is 162 Å². The molecule has 0 aliphatic heterocycles. The molecule has 0 saturated heterocycles. The van der Waals surface area contributed by atoms with Crippen LogP contribution in [-0.4, -0.2) is 11.1 Å². The van der Waals surface area contributed by atoms with Crippen LogP contribution in [-0.2, 0) is 10.8 Å². The molecular weight excluding hydrogens is 332 g/mol. The highest BCUT2D eigenvalue weighted by molar-refractivity contribution is 5.88. The molecule has 0 heterocycles. The molecule has 0 spiro atoms. The van der Waals surface area contributed by atoms with Crippen molar-refractivity contribution in [3.05, 3.63) is 70.3 Å². The van der Waals surface area contributed by atoms with Crippen LogP contribution in [0.4, 0.5) is 0 Å². The minimum atomic E-state index is -0.888. The third-order valence-electron chi connectivity index (χ3n) is 6.10. The maximum atomic E-state index is 11.0. The standard InChI is InChI=1S/C25H30O2/c1-6-18(15-17-7-9-19(10-8-17)23(26)27)20-11-12-21-22(16-20)25(4,5)14-13-24(21,2)3/h7-12,15-16H,6,13-14H2,1-5H3,(H,26,27). The Morgan fingerprint density at radius 3 is 2.04 bits per heavy atom. The van der Waals surface area contributed by atoms with Crippen LogP contribution >= 0.6 is 0 Å². The van der Waals surface area contributed by atoms with Crippen molar-refractivity contribution in [2.75, 3.05) is 0 Å². The van der Waals surface area contributed by atoms with Gasteiger partial charge in [-0.05, 0) is 70.1 Å². The monoisotopic (exact) mass is 362 g/mol. The van der Waals surface area contributed by atoms with Crippen LogP contribution in [0.3, 0.4) is 0 Å².